The minimum atomic E-state index is -4.10. The minimum absolute atomic E-state index is 0.0761. The van der Waals surface area contributed by atoms with Gasteiger partial charge in [-0.15, -0.1) is 11.3 Å². The second-order valence-corrected chi connectivity index (χ2v) is 13.7. The van der Waals surface area contributed by atoms with Crippen LogP contribution >= 0.6 is 11.3 Å². The zero-order valence-corrected chi connectivity index (χ0v) is 23.3. The molecule has 0 saturated carbocycles. The van der Waals surface area contributed by atoms with Gasteiger partial charge < -0.3 is 10.6 Å². The Labute approximate surface area is 230 Å². The highest BCUT2D eigenvalue weighted by Crippen LogP contribution is 2.35. The summed E-state index contributed by atoms with van der Waals surface area (Å²) in [4.78, 5) is 28.9. The van der Waals surface area contributed by atoms with Crippen molar-refractivity contribution in [2.45, 2.75) is 17.9 Å². The quantitative estimate of drug-likeness (QED) is 0.257. The molecule has 0 spiro atoms. The summed E-state index contributed by atoms with van der Waals surface area (Å²) in [6.07, 6.45) is 0. The molecule has 1 atom stereocenters. The van der Waals surface area contributed by atoms with Crippen LogP contribution in [0.4, 0.5) is 5.69 Å². The lowest BCUT2D eigenvalue weighted by Crippen LogP contribution is -2.37. The van der Waals surface area contributed by atoms with E-state index < -0.39 is 42.5 Å². The van der Waals surface area contributed by atoms with Gasteiger partial charge in [-0.25, -0.2) is 27.0 Å². The first kappa shape index (κ1) is 28.4. The lowest BCUT2D eigenvalue weighted by Gasteiger charge is -2.15. The molecule has 0 aliphatic heterocycles. The number of carbonyl (C=O) groups is 2. The Morgan fingerprint density at radius 1 is 0.949 bits per heavy atom. The van der Waals surface area contributed by atoms with E-state index in [2.05, 4.69) is 15.6 Å². The van der Waals surface area contributed by atoms with E-state index in [9.17, 15) is 26.4 Å². The summed E-state index contributed by atoms with van der Waals surface area (Å²) < 4.78 is 50.3. The van der Waals surface area contributed by atoms with E-state index in [1.54, 1.807) is 48.5 Å². The Hall–Kier alpha value is -3.65. The molecule has 4 aromatic rings. The number of nitrogens with zero attached hydrogens (tertiary/aromatic N) is 1. The van der Waals surface area contributed by atoms with E-state index >= 15 is 0 Å². The number of carbonyl (C=O) groups excluding carboxylic acids is 2. The number of aromatic nitrogens is 1. The number of rotatable bonds is 10. The van der Waals surface area contributed by atoms with Gasteiger partial charge in [-0.1, -0.05) is 48.5 Å². The van der Waals surface area contributed by atoms with Gasteiger partial charge in [0, 0.05) is 19.2 Å². The minimum Gasteiger partial charge on any atom is -0.354 e. The van der Waals surface area contributed by atoms with Crippen LogP contribution in [0.1, 0.15) is 22.7 Å². The van der Waals surface area contributed by atoms with Crippen LogP contribution in [-0.2, 0) is 35.2 Å². The van der Waals surface area contributed by atoms with Crippen LogP contribution in [0.5, 0.6) is 0 Å². The first-order valence-corrected chi connectivity index (χ1v) is 16.0. The monoisotopic (exact) mass is 586 g/mol. The highest BCUT2D eigenvalue weighted by molar-refractivity contribution is 7.91. The predicted molar refractivity (Wildman–Crippen MR) is 152 cm³/mol. The topological polar surface area (TPSA) is 165 Å². The molecule has 13 heteroatoms. The van der Waals surface area contributed by atoms with Gasteiger partial charge in [0.15, 0.2) is 15.1 Å². The summed E-state index contributed by atoms with van der Waals surface area (Å²) in [5.41, 5.74) is 3.40. The van der Waals surface area contributed by atoms with Crippen molar-refractivity contribution in [1.29, 1.82) is 0 Å². The number of benzene rings is 3. The Balaban J connectivity index is 1.68. The third-order valence-electron chi connectivity index (χ3n) is 5.66. The highest BCUT2D eigenvalue weighted by atomic mass is 32.2. The molecule has 4 rings (SSSR count). The summed E-state index contributed by atoms with van der Waals surface area (Å²) in [5, 5.41) is 8.55. The Kier molecular flexibility index (Phi) is 8.45. The van der Waals surface area contributed by atoms with E-state index in [1.807, 2.05) is 24.3 Å². The molecule has 0 bridgehead atoms. The number of nitrogens with two attached hydrogens (primary N) is 1. The first-order chi connectivity index (χ1) is 18.4. The van der Waals surface area contributed by atoms with Crippen molar-refractivity contribution in [3.63, 3.8) is 0 Å². The molecule has 4 N–H and O–H groups in total. The number of amides is 2. The van der Waals surface area contributed by atoms with Crippen LogP contribution < -0.4 is 15.8 Å². The normalized spacial score (nSPS) is 12.7. The summed E-state index contributed by atoms with van der Waals surface area (Å²) in [6, 6.07) is 21.1. The lowest BCUT2D eigenvalue weighted by atomic mass is 10.1. The third kappa shape index (κ3) is 7.47. The standard InChI is InChI=1S/C26H26N4O6S3/c1-17(31)29-21-10-7-19(8-11-21)20-9-12-22-23(15-20)37-26(30-22)24(25(32)28-13-14-39(27,35)36)38(33,34)16-18-5-3-2-4-6-18/h2-12,15,24H,13-14,16H2,1H3,(H,28,32)(H,29,31)(H2,27,35,36). The van der Waals surface area contributed by atoms with Crippen LogP contribution in [0, 0.1) is 0 Å². The summed E-state index contributed by atoms with van der Waals surface area (Å²) >= 11 is 1.08. The van der Waals surface area contributed by atoms with Crippen LogP contribution in [0.15, 0.2) is 72.8 Å². The molecule has 39 heavy (non-hydrogen) atoms. The number of anilines is 1. The zero-order valence-electron chi connectivity index (χ0n) is 20.8. The van der Waals surface area contributed by atoms with Gasteiger partial charge in [0.25, 0.3) is 0 Å². The van der Waals surface area contributed by atoms with Crippen molar-refractivity contribution in [2.24, 2.45) is 5.14 Å². The number of thiazole rings is 1. The van der Waals surface area contributed by atoms with Crippen molar-refractivity contribution in [2.75, 3.05) is 17.6 Å². The molecule has 204 valence electrons. The van der Waals surface area contributed by atoms with Crippen LogP contribution in [0.25, 0.3) is 21.3 Å². The van der Waals surface area contributed by atoms with Crippen molar-refractivity contribution >= 4 is 58.9 Å². The average Bonchev–Trinajstić information content (AvgIpc) is 3.26. The van der Waals surface area contributed by atoms with Gasteiger partial charge in [-0.3, -0.25) is 9.59 Å². The summed E-state index contributed by atoms with van der Waals surface area (Å²) in [5.74, 6) is -1.98. The zero-order chi connectivity index (χ0) is 28.2. The second-order valence-electron chi connectivity index (χ2n) is 8.82. The van der Waals surface area contributed by atoms with Crippen molar-refractivity contribution in [1.82, 2.24) is 10.3 Å². The Morgan fingerprint density at radius 2 is 1.62 bits per heavy atom. The van der Waals surface area contributed by atoms with Crippen molar-refractivity contribution in [3.8, 4) is 11.1 Å². The third-order valence-corrected chi connectivity index (χ3v) is 9.56. The van der Waals surface area contributed by atoms with Gasteiger partial charge in [-0.05, 0) is 41.0 Å². The smallest absolute Gasteiger partial charge is 0.245 e. The SMILES string of the molecule is CC(=O)Nc1ccc(-c2ccc3nc(C(C(=O)NCCS(N)(=O)=O)S(=O)(=O)Cc4ccccc4)sc3c2)cc1. The molecule has 2 amide bonds. The maximum absolute atomic E-state index is 13.5. The number of sulfonamides is 1. The van der Waals surface area contributed by atoms with Crippen molar-refractivity contribution < 1.29 is 26.4 Å². The van der Waals surface area contributed by atoms with E-state index in [-0.39, 0.29) is 17.5 Å². The maximum Gasteiger partial charge on any atom is 0.245 e. The number of hydrogen-bond acceptors (Lipinski definition) is 8. The number of primary sulfonamides is 1. The molecule has 10 nitrogen and oxygen atoms in total. The Morgan fingerprint density at radius 3 is 2.26 bits per heavy atom. The van der Waals surface area contributed by atoms with Gasteiger partial charge in [0.05, 0.1) is 21.7 Å². The molecule has 0 saturated heterocycles. The average molecular weight is 587 g/mol. The molecule has 3 aromatic carbocycles. The van der Waals surface area contributed by atoms with E-state index in [0.29, 0.717) is 21.5 Å². The van der Waals surface area contributed by atoms with Gasteiger partial charge in [-0.2, -0.15) is 0 Å². The molecule has 0 aliphatic carbocycles. The molecule has 1 aromatic heterocycles. The number of sulfone groups is 1. The fourth-order valence-electron chi connectivity index (χ4n) is 3.91. The summed E-state index contributed by atoms with van der Waals surface area (Å²) in [6.45, 7) is 1.09. The van der Waals surface area contributed by atoms with Crippen LogP contribution in [0.2, 0.25) is 0 Å². The molecule has 0 fully saturated rings. The van der Waals surface area contributed by atoms with Gasteiger partial charge in [0.2, 0.25) is 21.8 Å². The maximum atomic E-state index is 13.5. The molecule has 1 unspecified atom stereocenters. The fourth-order valence-corrected chi connectivity index (χ4v) is 7.46. The van der Waals surface area contributed by atoms with Crippen LogP contribution in [-0.4, -0.2) is 45.9 Å². The number of fused-ring (bicyclic) bond motifs is 1. The fraction of sp³-hybridized carbons (Fsp3) is 0.192. The Bertz CT molecular complexity index is 1720. The first-order valence-electron chi connectivity index (χ1n) is 11.7. The summed E-state index contributed by atoms with van der Waals surface area (Å²) in [7, 11) is -7.95. The van der Waals surface area contributed by atoms with E-state index in [0.717, 1.165) is 22.5 Å². The largest absolute Gasteiger partial charge is 0.354 e. The van der Waals surface area contributed by atoms with Crippen LogP contribution in [0.3, 0.4) is 0 Å². The van der Waals surface area contributed by atoms with Gasteiger partial charge >= 0.3 is 0 Å². The number of hydrogen-bond donors (Lipinski definition) is 3. The highest BCUT2D eigenvalue weighted by Gasteiger charge is 2.37. The van der Waals surface area contributed by atoms with Gasteiger partial charge in [0.1, 0.15) is 5.01 Å². The van der Waals surface area contributed by atoms with E-state index in [1.165, 1.54) is 6.92 Å². The molecule has 0 radical (unpaired) electrons. The predicted octanol–water partition coefficient (Wildman–Crippen LogP) is 2.98. The molecular weight excluding hydrogens is 561 g/mol. The van der Waals surface area contributed by atoms with E-state index in [4.69, 9.17) is 5.14 Å². The molecule has 1 heterocycles. The second kappa shape index (κ2) is 11.6. The molecule has 0 aliphatic rings. The lowest BCUT2D eigenvalue weighted by molar-refractivity contribution is -0.120. The number of nitrogens with one attached hydrogen (secondary N) is 2. The van der Waals surface area contributed by atoms with Crippen molar-refractivity contribution in [3.05, 3.63) is 83.4 Å². The molecular formula is C26H26N4O6S3.